The summed E-state index contributed by atoms with van der Waals surface area (Å²) < 4.78 is 13.1. The summed E-state index contributed by atoms with van der Waals surface area (Å²) in [6.45, 7) is 5.66. The lowest BCUT2D eigenvalue weighted by Gasteiger charge is -2.36. The first kappa shape index (κ1) is 21.5. The molecule has 2 aliphatic heterocycles. The van der Waals surface area contributed by atoms with Crippen molar-refractivity contribution in [3.63, 3.8) is 0 Å². The van der Waals surface area contributed by atoms with Gasteiger partial charge in [0.2, 0.25) is 5.91 Å². The van der Waals surface area contributed by atoms with E-state index in [4.69, 9.17) is 0 Å². The number of anilines is 2. The van der Waals surface area contributed by atoms with Crippen molar-refractivity contribution in [3.05, 3.63) is 48.4 Å². The van der Waals surface area contributed by atoms with Crippen molar-refractivity contribution in [1.82, 2.24) is 20.0 Å². The average molecular weight is 427 g/mol. The molecule has 166 valence electrons. The Labute approximate surface area is 183 Å². The Hall–Kier alpha value is -2.74. The van der Waals surface area contributed by atoms with Gasteiger partial charge in [-0.2, -0.15) is 5.10 Å². The second kappa shape index (κ2) is 10.0. The van der Waals surface area contributed by atoms with E-state index in [1.165, 1.54) is 12.1 Å². The minimum Gasteiger partial charge on any atom is -0.368 e. The first-order chi connectivity index (χ1) is 15.1. The molecule has 2 aromatic rings. The summed E-state index contributed by atoms with van der Waals surface area (Å²) in [4.78, 5) is 21.5. The maximum Gasteiger partial charge on any atom is 0.223 e. The zero-order valence-corrected chi connectivity index (χ0v) is 18.2. The molecule has 4 rings (SSSR count). The molecular formula is C23H31FN6O. The van der Waals surface area contributed by atoms with Crippen LogP contribution < -0.4 is 9.80 Å². The van der Waals surface area contributed by atoms with Gasteiger partial charge in [0.15, 0.2) is 5.82 Å². The summed E-state index contributed by atoms with van der Waals surface area (Å²) in [7, 11) is 2.09. The van der Waals surface area contributed by atoms with Gasteiger partial charge in [-0.3, -0.25) is 4.79 Å². The Morgan fingerprint density at radius 3 is 2.61 bits per heavy atom. The maximum absolute atomic E-state index is 13.1. The van der Waals surface area contributed by atoms with Crippen molar-refractivity contribution in [2.45, 2.75) is 25.3 Å². The number of aromatic nitrogens is 2. The van der Waals surface area contributed by atoms with Gasteiger partial charge in [0.05, 0.1) is 0 Å². The van der Waals surface area contributed by atoms with Crippen LogP contribution in [0.3, 0.4) is 0 Å². The van der Waals surface area contributed by atoms with Gasteiger partial charge in [0.25, 0.3) is 0 Å². The van der Waals surface area contributed by atoms with Gasteiger partial charge in [0, 0.05) is 70.2 Å². The third kappa shape index (κ3) is 5.50. The van der Waals surface area contributed by atoms with Gasteiger partial charge >= 0.3 is 0 Å². The Morgan fingerprint density at radius 1 is 1.13 bits per heavy atom. The standard InChI is InChI=1S/C23H31FN6O/c1-27(18-21-4-3-12-30(21)22-5-2-11-25-26-22)13-10-23(31)29-16-14-28(15-17-29)20-8-6-19(24)7-9-20/h2,5-9,11,21H,3-4,10,12-18H2,1H3. The number of hydrogen-bond acceptors (Lipinski definition) is 6. The Bertz CT molecular complexity index is 841. The number of likely N-dealkylation sites (N-methyl/N-ethyl adjacent to an activating group) is 1. The van der Waals surface area contributed by atoms with Crippen LogP contribution in [0, 0.1) is 5.82 Å². The van der Waals surface area contributed by atoms with Crippen LogP contribution in [0.4, 0.5) is 15.9 Å². The van der Waals surface area contributed by atoms with E-state index in [0.29, 0.717) is 25.6 Å². The predicted octanol–water partition coefficient (Wildman–Crippen LogP) is 2.26. The fourth-order valence-corrected chi connectivity index (χ4v) is 4.54. The van der Waals surface area contributed by atoms with E-state index in [1.807, 2.05) is 17.0 Å². The molecule has 3 heterocycles. The predicted molar refractivity (Wildman–Crippen MR) is 120 cm³/mol. The van der Waals surface area contributed by atoms with Crippen LogP contribution in [0.5, 0.6) is 0 Å². The zero-order chi connectivity index (χ0) is 21.6. The van der Waals surface area contributed by atoms with Crippen LogP contribution in [0.25, 0.3) is 0 Å². The Kier molecular flexibility index (Phi) is 6.96. The van der Waals surface area contributed by atoms with Crippen molar-refractivity contribution in [1.29, 1.82) is 0 Å². The summed E-state index contributed by atoms with van der Waals surface area (Å²) in [6.07, 6.45) is 4.53. The molecule has 2 fully saturated rings. The minimum absolute atomic E-state index is 0.211. The number of piperazine rings is 1. The summed E-state index contributed by atoms with van der Waals surface area (Å²) in [5, 5.41) is 8.27. The molecule has 0 radical (unpaired) electrons. The third-order valence-electron chi connectivity index (χ3n) is 6.28. The molecule has 1 aromatic carbocycles. The second-order valence-electron chi connectivity index (χ2n) is 8.43. The number of rotatable bonds is 7. The first-order valence-electron chi connectivity index (χ1n) is 11.1. The smallest absolute Gasteiger partial charge is 0.223 e. The molecular weight excluding hydrogens is 395 g/mol. The third-order valence-corrected chi connectivity index (χ3v) is 6.28. The summed E-state index contributed by atoms with van der Waals surface area (Å²) in [5.74, 6) is 0.926. The molecule has 1 unspecified atom stereocenters. The Morgan fingerprint density at radius 2 is 1.90 bits per heavy atom. The van der Waals surface area contributed by atoms with E-state index < -0.39 is 0 Å². The fraction of sp³-hybridized carbons (Fsp3) is 0.522. The molecule has 0 spiro atoms. The van der Waals surface area contributed by atoms with E-state index >= 15 is 0 Å². The molecule has 7 nitrogen and oxygen atoms in total. The molecule has 0 bridgehead atoms. The number of halogens is 1. The van der Waals surface area contributed by atoms with Crippen molar-refractivity contribution >= 4 is 17.4 Å². The summed E-state index contributed by atoms with van der Waals surface area (Å²) in [6, 6.07) is 10.9. The summed E-state index contributed by atoms with van der Waals surface area (Å²) in [5.41, 5.74) is 1.01. The molecule has 0 N–H and O–H groups in total. The summed E-state index contributed by atoms with van der Waals surface area (Å²) >= 11 is 0. The molecule has 1 aromatic heterocycles. The normalized spacial score (nSPS) is 19.3. The largest absolute Gasteiger partial charge is 0.368 e. The SMILES string of the molecule is CN(CCC(=O)N1CCN(c2ccc(F)cc2)CC1)CC1CCCN1c1cccnn1. The monoisotopic (exact) mass is 426 g/mol. The number of carbonyl (C=O) groups is 1. The van der Waals surface area contributed by atoms with Crippen LogP contribution >= 0.6 is 0 Å². The van der Waals surface area contributed by atoms with Crippen LogP contribution in [-0.2, 0) is 4.79 Å². The van der Waals surface area contributed by atoms with Crippen molar-refractivity contribution in [2.24, 2.45) is 0 Å². The number of nitrogens with zero attached hydrogens (tertiary/aromatic N) is 6. The van der Waals surface area contributed by atoms with E-state index in [2.05, 4.69) is 31.9 Å². The van der Waals surface area contributed by atoms with Gasteiger partial charge in [-0.15, -0.1) is 5.10 Å². The molecule has 2 saturated heterocycles. The highest BCUT2D eigenvalue weighted by Crippen LogP contribution is 2.23. The van der Waals surface area contributed by atoms with Crippen molar-refractivity contribution in [2.75, 3.05) is 62.7 Å². The average Bonchev–Trinajstić information content (AvgIpc) is 3.27. The van der Waals surface area contributed by atoms with Gasteiger partial charge in [-0.1, -0.05) is 0 Å². The number of amides is 1. The van der Waals surface area contributed by atoms with Crippen LogP contribution in [0.1, 0.15) is 19.3 Å². The van der Waals surface area contributed by atoms with E-state index in [9.17, 15) is 9.18 Å². The van der Waals surface area contributed by atoms with E-state index in [1.54, 1.807) is 18.3 Å². The highest BCUT2D eigenvalue weighted by atomic mass is 19.1. The lowest BCUT2D eigenvalue weighted by molar-refractivity contribution is -0.131. The minimum atomic E-state index is -0.223. The quantitative estimate of drug-likeness (QED) is 0.677. The molecule has 1 amide bonds. The molecule has 31 heavy (non-hydrogen) atoms. The number of hydrogen-bond donors (Lipinski definition) is 0. The number of benzene rings is 1. The van der Waals surface area contributed by atoms with Crippen LogP contribution in [0.15, 0.2) is 42.6 Å². The van der Waals surface area contributed by atoms with Gasteiger partial charge in [-0.25, -0.2) is 4.39 Å². The van der Waals surface area contributed by atoms with Crippen molar-refractivity contribution in [3.8, 4) is 0 Å². The molecule has 1 atom stereocenters. The highest BCUT2D eigenvalue weighted by molar-refractivity contribution is 5.76. The van der Waals surface area contributed by atoms with E-state index in [-0.39, 0.29) is 11.7 Å². The second-order valence-corrected chi connectivity index (χ2v) is 8.43. The first-order valence-corrected chi connectivity index (χ1v) is 11.1. The van der Waals surface area contributed by atoms with Gasteiger partial charge in [-0.05, 0) is 56.3 Å². The van der Waals surface area contributed by atoms with Gasteiger partial charge in [0.1, 0.15) is 5.82 Å². The Balaban J connectivity index is 1.20. The molecule has 8 heteroatoms. The van der Waals surface area contributed by atoms with Crippen LogP contribution in [-0.4, -0.2) is 84.8 Å². The topological polar surface area (TPSA) is 55.8 Å². The van der Waals surface area contributed by atoms with Crippen molar-refractivity contribution < 1.29 is 9.18 Å². The molecule has 2 aliphatic rings. The van der Waals surface area contributed by atoms with Gasteiger partial charge < -0.3 is 19.6 Å². The van der Waals surface area contributed by atoms with Crippen LogP contribution in [0.2, 0.25) is 0 Å². The lowest BCUT2D eigenvalue weighted by Crippen LogP contribution is -2.49. The number of carbonyl (C=O) groups excluding carboxylic acids is 1. The molecule has 0 aliphatic carbocycles. The fourth-order valence-electron chi connectivity index (χ4n) is 4.54. The van der Waals surface area contributed by atoms with E-state index in [0.717, 1.165) is 57.1 Å². The molecule has 0 saturated carbocycles. The highest BCUT2D eigenvalue weighted by Gasteiger charge is 2.27. The zero-order valence-electron chi connectivity index (χ0n) is 18.2. The maximum atomic E-state index is 13.1. The lowest BCUT2D eigenvalue weighted by atomic mass is 10.2.